The normalized spacial score (nSPS) is 11.5. The van der Waals surface area contributed by atoms with E-state index in [1.807, 2.05) is 67.6 Å². The molecule has 0 aliphatic carbocycles. The Kier molecular flexibility index (Phi) is 7.84. The molecule has 0 spiro atoms. The molecule has 0 bridgehead atoms. The van der Waals surface area contributed by atoms with Gasteiger partial charge in [0.2, 0.25) is 11.0 Å². The van der Waals surface area contributed by atoms with E-state index in [-0.39, 0.29) is 30.8 Å². The lowest BCUT2D eigenvalue weighted by Crippen LogP contribution is -2.36. The second-order valence-corrected chi connectivity index (χ2v) is 8.87. The predicted molar refractivity (Wildman–Crippen MR) is 137 cm³/mol. The summed E-state index contributed by atoms with van der Waals surface area (Å²) >= 11 is 1.31. The van der Waals surface area contributed by atoms with Crippen molar-refractivity contribution in [2.45, 2.75) is 19.4 Å². The molecule has 8 heteroatoms. The number of amides is 2. The van der Waals surface area contributed by atoms with Crippen molar-refractivity contribution in [1.29, 1.82) is 0 Å². The molecule has 0 radical (unpaired) electrons. The number of carbonyl (C=O) groups is 2. The molecular formula is C27H26N4O3S. The SMILES string of the molecule is COc1cccc(C(=O)N(CCC(=O)Nc2nnc(-c3ccccc3)s2)[C@@H](C)c2ccccc2)c1. The lowest BCUT2D eigenvalue weighted by atomic mass is 10.0. The second kappa shape index (κ2) is 11.4. The third kappa shape index (κ3) is 6.10. The van der Waals surface area contributed by atoms with Crippen LogP contribution in [0, 0.1) is 0 Å². The van der Waals surface area contributed by atoms with Gasteiger partial charge >= 0.3 is 0 Å². The Morgan fingerprint density at radius 3 is 2.40 bits per heavy atom. The van der Waals surface area contributed by atoms with Gasteiger partial charge in [-0.3, -0.25) is 9.59 Å². The maximum atomic E-state index is 13.5. The van der Waals surface area contributed by atoms with E-state index in [0.29, 0.717) is 16.4 Å². The Hall–Kier alpha value is -4.04. The first-order chi connectivity index (χ1) is 17.0. The second-order valence-electron chi connectivity index (χ2n) is 7.89. The maximum absolute atomic E-state index is 13.5. The summed E-state index contributed by atoms with van der Waals surface area (Å²) in [5, 5.41) is 12.2. The van der Waals surface area contributed by atoms with Gasteiger partial charge in [0.1, 0.15) is 10.8 Å². The number of anilines is 1. The van der Waals surface area contributed by atoms with Gasteiger partial charge in [0, 0.05) is 24.1 Å². The first-order valence-corrected chi connectivity index (χ1v) is 12.1. The van der Waals surface area contributed by atoms with Crippen LogP contribution in [0.2, 0.25) is 0 Å². The largest absolute Gasteiger partial charge is 0.497 e. The summed E-state index contributed by atoms with van der Waals surface area (Å²) in [7, 11) is 1.56. The maximum Gasteiger partial charge on any atom is 0.254 e. The molecule has 4 aromatic rings. The van der Waals surface area contributed by atoms with Gasteiger partial charge in [-0.05, 0) is 30.7 Å². The minimum Gasteiger partial charge on any atom is -0.497 e. The number of hydrogen-bond donors (Lipinski definition) is 1. The predicted octanol–water partition coefficient (Wildman–Crippen LogP) is 5.45. The third-order valence-electron chi connectivity index (χ3n) is 5.60. The van der Waals surface area contributed by atoms with Gasteiger partial charge in [-0.25, -0.2) is 0 Å². The Morgan fingerprint density at radius 2 is 1.69 bits per heavy atom. The van der Waals surface area contributed by atoms with Crippen LogP contribution in [0.4, 0.5) is 5.13 Å². The van der Waals surface area contributed by atoms with Gasteiger partial charge in [0.25, 0.3) is 5.91 Å². The molecule has 7 nitrogen and oxygen atoms in total. The molecule has 1 aromatic heterocycles. The molecule has 1 N–H and O–H groups in total. The number of methoxy groups -OCH3 is 1. The monoisotopic (exact) mass is 486 g/mol. The molecule has 1 heterocycles. The molecule has 0 saturated heterocycles. The van der Waals surface area contributed by atoms with Crippen molar-refractivity contribution in [3.63, 3.8) is 0 Å². The molecule has 0 unspecified atom stereocenters. The molecule has 0 fully saturated rings. The summed E-state index contributed by atoms with van der Waals surface area (Å²) in [5.41, 5.74) is 2.43. The molecule has 0 aliphatic heterocycles. The molecular weight excluding hydrogens is 460 g/mol. The molecule has 4 rings (SSSR count). The van der Waals surface area contributed by atoms with Gasteiger partial charge in [0.15, 0.2) is 0 Å². The van der Waals surface area contributed by atoms with E-state index >= 15 is 0 Å². The fourth-order valence-corrected chi connectivity index (χ4v) is 4.44. The molecule has 35 heavy (non-hydrogen) atoms. The molecule has 2 amide bonds. The average molecular weight is 487 g/mol. The highest BCUT2D eigenvalue weighted by Crippen LogP contribution is 2.27. The zero-order valence-electron chi connectivity index (χ0n) is 19.5. The number of aromatic nitrogens is 2. The van der Waals surface area contributed by atoms with E-state index in [2.05, 4.69) is 15.5 Å². The van der Waals surface area contributed by atoms with Crippen LogP contribution in [0.15, 0.2) is 84.9 Å². The molecule has 0 saturated carbocycles. The Balaban J connectivity index is 1.47. The number of benzene rings is 3. The zero-order valence-corrected chi connectivity index (χ0v) is 20.4. The summed E-state index contributed by atoms with van der Waals surface area (Å²) in [6.07, 6.45) is 0.118. The summed E-state index contributed by atoms with van der Waals surface area (Å²) in [4.78, 5) is 27.9. The minimum atomic E-state index is -0.232. The van der Waals surface area contributed by atoms with Gasteiger partial charge in [-0.1, -0.05) is 78.1 Å². The van der Waals surface area contributed by atoms with Crippen LogP contribution >= 0.6 is 11.3 Å². The van der Waals surface area contributed by atoms with E-state index in [4.69, 9.17) is 4.74 Å². The van der Waals surface area contributed by atoms with Crippen molar-refractivity contribution >= 4 is 28.3 Å². The fraction of sp³-hybridized carbons (Fsp3) is 0.185. The van der Waals surface area contributed by atoms with Crippen LogP contribution < -0.4 is 10.1 Å². The number of hydrogen-bond acceptors (Lipinski definition) is 6. The van der Waals surface area contributed by atoms with Crippen LogP contribution in [0.5, 0.6) is 5.75 Å². The molecule has 178 valence electrons. The summed E-state index contributed by atoms with van der Waals surface area (Å²) in [5.74, 6) is 0.200. The van der Waals surface area contributed by atoms with Gasteiger partial charge < -0.3 is 15.0 Å². The smallest absolute Gasteiger partial charge is 0.254 e. The van der Waals surface area contributed by atoms with Gasteiger partial charge in [-0.2, -0.15) is 0 Å². The van der Waals surface area contributed by atoms with Crippen molar-refractivity contribution in [2.75, 3.05) is 19.0 Å². The van der Waals surface area contributed by atoms with E-state index < -0.39 is 0 Å². The standard InChI is InChI=1S/C27H26N4O3S/c1-19(20-10-5-3-6-11-20)31(26(33)22-14-9-15-23(18-22)34-2)17-16-24(32)28-27-30-29-25(35-27)21-12-7-4-8-13-21/h3-15,18-19H,16-17H2,1-2H3,(H,28,30,32)/t19-/m0/s1. The fourth-order valence-electron chi connectivity index (χ4n) is 3.68. The Labute approximate surface area is 208 Å². The first kappa shape index (κ1) is 24.1. The molecule has 1 atom stereocenters. The van der Waals surface area contributed by atoms with Crippen molar-refractivity contribution < 1.29 is 14.3 Å². The number of ether oxygens (including phenoxy) is 1. The van der Waals surface area contributed by atoms with Crippen molar-refractivity contribution in [3.05, 3.63) is 96.1 Å². The number of rotatable bonds is 9. The molecule has 0 aliphatic rings. The lowest BCUT2D eigenvalue weighted by molar-refractivity contribution is -0.116. The molecule has 3 aromatic carbocycles. The first-order valence-electron chi connectivity index (χ1n) is 11.2. The summed E-state index contributed by atoms with van der Waals surface area (Å²) in [6.45, 7) is 2.20. The highest BCUT2D eigenvalue weighted by atomic mass is 32.1. The van der Waals surface area contributed by atoms with E-state index in [0.717, 1.165) is 16.1 Å². The topological polar surface area (TPSA) is 84.4 Å². The number of carbonyl (C=O) groups excluding carboxylic acids is 2. The van der Waals surface area contributed by atoms with E-state index in [1.165, 1.54) is 11.3 Å². The van der Waals surface area contributed by atoms with E-state index in [9.17, 15) is 9.59 Å². The summed E-state index contributed by atoms with van der Waals surface area (Å²) < 4.78 is 5.28. The Morgan fingerprint density at radius 1 is 0.971 bits per heavy atom. The van der Waals surface area contributed by atoms with Crippen LogP contribution in [0.3, 0.4) is 0 Å². The van der Waals surface area contributed by atoms with E-state index in [1.54, 1.807) is 36.3 Å². The van der Waals surface area contributed by atoms with Crippen molar-refractivity contribution in [3.8, 4) is 16.3 Å². The minimum absolute atomic E-state index is 0.118. The quantitative estimate of drug-likeness (QED) is 0.340. The highest BCUT2D eigenvalue weighted by Gasteiger charge is 2.24. The Bertz CT molecular complexity index is 1280. The lowest BCUT2D eigenvalue weighted by Gasteiger charge is -2.30. The number of nitrogens with zero attached hydrogens (tertiary/aromatic N) is 3. The van der Waals surface area contributed by atoms with Gasteiger partial charge in [0.05, 0.1) is 13.2 Å². The average Bonchev–Trinajstić information content (AvgIpc) is 3.38. The highest BCUT2D eigenvalue weighted by molar-refractivity contribution is 7.18. The third-order valence-corrected chi connectivity index (χ3v) is 6.49. The number of nitrogens with one attached hydrogen (secondary N) is 1. The van der Waals surface area contributed by atoms with Crippen LogP contribution in [-0.4, -0.2) is 40.6 Å². The van der Waals surface area contributed by atoms with Crippen LogP contribution in [0.1, 0.15) is 35.3 Å². The van der Waals surface area contributed by atoms with Crippen LogP contribution in [-0.2, 0) is 4.79 Å². The van der Waals surface area contributed by atoms with Gasteiger partial charge in [-0.15, -0.1) is 10.2 Å². The van der Waals surface area contributed by atoms with Crippen LogP contribution in [0.25, 0.3) is 10.6 Å². The summed E-state index contributed by atoms with van der Waals surface area (Å²) in [6, 6.07) is 26.2. The van der Waals surface area contributed by atoms with Crippen molar-refractivity contribution in [2.24, 2.45) is 0 Å². The van der Waals surface area contributed by atoms with Crippen molar-refractivity contribution in [1.82, 2.24) is 15.1 Å². The zero-order chi connectivity index (χ0) is 24.6.